The van der Waals surface area contributed by atoms with Crippen molar-refractivity contribution in [1.82, 2.24) is 23.9 Å². The molecule has 0 N–H and O–H groups in total. The predicted molar refractivity (Wildman–Crippen MR) is 184 cm³/mol. The molecule has 9 aromatic rings. The van der Waals surface area contributed by atoms with Crippen LogP contribution in [-0.4, -0.2) is 23.9 Å². The topological polar surface area (TPSA) is 61.2 Å². The number of hydrogen-bond donors (Lipinski definition) is 0. The van der Waals surface area contributed by atoms with Crippen molar-refractivity contribution in [2.45, 2.75) is 12.8 Å². The van der Waals surface area contributed by atoms with Crippen LogP contribution >= 0.6 is 0 Å². The van der Waals surface area contributed by atoms with Gasteiger partial charge >= 0.3 is 0 Å². The highest BCUT2D eigenvalue weighted by Crippen LogP contribution is 2.45. The van der Waals surface area contributed by atoms with Crippen molar-refractivity contribution < 1.29 is 4.42 Å². The van der Waals surface area contributed by atoms with Gasteiger partial charge in [0.25, 0.3) is 0 Å². The Labute approximate surface area is 257 Å². The van der Waals surface area contributed by atoms with Crippen molar-refractivity contribution in [3.05, 3.63) is 127 Å². The Hall–Kier alpha value is -6.01. The lowest BCUT2D eigenvalue weighted by Gasteiger charge is -2.19. The minimum atomic E-state index is 0.624. The second kappa shape index (κ2) is 8.77. The molecular formula is C39H25N5O. The number of para-hydroxylation sites is 3. The van der Waals surface area contributed by atoms with Crippen LogP contribution in [0.3, 0.4) is 0 Å². The standard InChI is InChI=1S/C39H25N5O/c1-3-23-29(4-2)41-39(44-31-14-8-5-11-24(31)25-12-6-9-15-32(25)44)42-36(23)22-17-18-34-27(19-22)28-20-30-38(45-21-40-30)35-26-13-7-10-16-33(26)43(34)37(28)35/h3-16,19-21H,1-2,17-18H2. The normalized spacial score (nSPS) is 13.5. The molecule has 4 aromatic carbocycles. The van der Waals surface area contributed by atoms with E-state index in [2.05, 4.69) is 112 Å². The Bertz CT molecular complexity index is 2700. The first kappa shape index (κ1) is 24.4. The molecule has 212 valence electrons. The van der Waals surface area contributed by atoms with Gasteiger partial charge in [0.1, 0.15) is 5.52 Å². The molecule has 6 nitrogen and oxygen atoms in total. The average Bonchev–Trinajstić information content (AvgIpc) is 3.85. The van der Waals surface area contributed by atoms with Gasteiger partial charge < -0.3 is 8.82 Å². The van der Waals surface area contributed by atoms with Gasteiger partial charge in [-0.15, -0.1) is 0 Å². The van der Waals surface area contributed by atoms with Gasteiger partial charge in [0.2, 0.25) is 5.95 Å². The fourth-order valence-electron chi connectivity index (χ4n) is 7.64. The molecule has 0 atom stereocenters. The van der Waals surface area contributed by atoms with Crippen LogP contribution in [0.5, 0.6) is 0 Å². The monoisotopic (exact) mass is 579 g/mol. The maximum atomic E-state index is 5.95. The van der Waals surface area contributed by atoms with Gasteiger partial charge in [-0.1, -0.05) is 73.8 Å². The van der Waals surface area contributed by atoms with Crippen LogP contribution in [0, 0.1) is 0 Å². The summed E-state index contributed by atoms with van der Waals surface area (Å²) in [6.45, 7) is 8.30. The van der Waals surface area contributed by atoms with Crippen LogP contribution in [0.25, 0.3) is 89.8 Å². The van der Waals surface area contributed by atoms with E-state index in [4.69, 9.17) is 14.4 Å². The Kier molecular flexibility index (Phi) is 4.76. The zero-order valence-corrected chi connectivity index (χ0v) is 24.3. The van der Waals surface area contributed by atoms with Gasteiger partial charge in [0.05, 0.1) is 38.8 Å². The second-order valence-corrected chi connectivity index (χ2v) is 11.7. The van der Waals surface area contributed by atoms with E-state index in [1.54, 1.807) is 6.39 Å². The second-order valence-electron chi connectivity index (χ2n) is 11.7. The molecule has 0 aliphatic heterocycles. The van der Waals surface area contributed by atoms with E-state index < -0.39 is 0 Å². The summed E-state index contributed by atoms with van der Waals surface area (Å²) in [5.74, 6) is 0.624. The highest BCUT2D eigenvalue weighted by Gasteiger charge is 2.28. The van der Waals surface area contributed by atoms with Gasteiger partial charge in [-0.3, -0.25) is 4.57 Å². The summed E-state index contributed by atoms with van der Waals surface area (Å²) >= 11 is 0. The Balaban J connectivity index is 1.27. The molecule has 5 heterocycles. The minimum absolute atomic E-state index is 0.624. The van der Waals surface area contributed by atoms with E-state index in [1.807, 2.05) is 12.2 Å². The molecule has 0 bridgehead atoms. The summed E-state index contributed by atoms with van der Waals surface area (Å²) in [5.41, 5.74) is 12.4. The molecule has 0 radical (unpaired) electrons. The van der Waals surface area contributed by atoms with E-state index in [-0.39, 0.29) is 0 Å². The summed E-state index contributed by atoms with van der Waals surface area (Å²) < 4.78 is 10.5. The fraction of sp³-hybridized carbons (Fsp3) is 0.0513. The quantitative estimate of drug-likeness (QED) is 0.208. The molecule has 0 fully saturated rings. The van der Waals surface area contributed by atoms with Crippen molar-refractivity contribution in [1.29, 1.82) is 0 Å². The van der Waals surface area contributed by atoms with Gasteiger partial charge in [0.15, 0.2) is 12.0 Å². The molecule has 0 saturated carbocycles. The Morgan fingerprint density at radius 2 is 1.47 bits per heavy atom. The number of nitrogens with zero attached hydrogens (tertiary/aromatic N) is 5. The fourth-order valence-corrected chi connectivity index (χ4v) is 7.64. The van der Waals surface area contributed by atoms with E-state index in [0.717, 1.165) is 62.9 Å². The first-order chi connectivity index (χ1) is 22.2. The van der Waals surface area contributed by atoms with Crippen LogP contribution in [0.15, 0.2) is 103 Å². The summed E-state index contributed by atoms with van der Waals surface area (Å²) in [6, 6.07) is 27.6. The maximum Gasteiger partial charge on any atom is 0.235 e. The van der Waals surface area contributed by atoms with Gasteiger partial charge in [-0.2, -0.15) is 0 Å². The summed E-state index contributed by atoms with van der Waals surface area (Å²) in [6.07, 6.45) is 9.23. The molecule has 45 heavy (non-hydrogen) atoms. The number of oxazole rings is 1. The highest BCUT2D eigenvalue weighted by molar-refractivity contribution is 6.25. The number of benzene rings is 4. The predicted octanol–water partition coefficient (Wildman–Crippen LogP) is 9.48. The zero-order chi connectivity index (χ0) is 29.8. The highest BCUT2D eigenvalue weighted by atomic mass is 16.3. The van der Waals surface area contributed by atoms with Crippen molar-refractivity contribution in [2.24, 2.45) is 0 Å². The van der Waals surface area contributed by atoms with Crippen LogP contribution in [-0.2, 0) is 6.42 Å². The smallest absolute Gasteiger partial charge is 0.235 e. The van der Waals surface area contributed by atoms with Crippen molar-refractivity contribution in [3.8, 4) is 5.95 Å². The molecule has 0 spiro atoms. The van der Waals surface area contributed by atoms with E-state index >= 15 is 0 Å². The Morgan fingerprint density at radius 3 is 2.20 bits per heavy atom. The molecule has 0 amide bonds. The molecule has 1 aliphatic rings. The molecule has 10 rings (SSSR count). The zero-order valence-electron chi connectivity index (χ0n) is 24.3. The Morgan fingerprint density at radius 1 is 0.756 bits per heavy atom. The van der Waals surface area contributed by atoms with E-state index in [1.165, 1.54) is 43.8 Å². The molecule has 0 saturated heterocycles. The van der Waals surface area contributed by atoms with E-state index in [9.17, 15) is 0 Å². The number of aromatic nitrogens is 5. The number of rotatable bonds is 4. The SMILES string of the molecule is C=Cc1nc(-n2c3ccccc3c3ccccc32)nc(C2=Cc3c(n4c5ccccc5c5c6ocnc6cc3c54)CC2)c1C=C. The van der Waals surface area contributed by atoms with Gasteiger partial charge in [-0.25, -0.2) is 15.0 Å². The first-order valence-corrected chi connectivity index (χ1v) is 15.1. The summed E-state index contributed by atoms with van der Waals surface area (Å²) in [4.78, 5) is 14.9. The lowest BCUT2D eigenvalue weighted by molar-refractivity contribution is 0.605. The lowest BCUT2D eigenvalue weighted by Crippen LogP contribution is -2.10. The molecule has 6 heteroatoms. The summed E-state index contributed by atoms with van der Waals surface area (Å²) in [7, 11) is 0. The third-order valence-electron chi connectivity index (χ3n) is 9.50. The largest absolute Gasteiger partial charge is 0.443 e. The van der Waals surface area contributed by atoms with Gasteiger partial charge in [0, 0.05) is 38.4 Å². The average molecular weight is 580 g/mol. The molecular weight excluding hydrogens is 554 g/mol. The van der Waals surface area contributed by atoms with Crippen LogP contribution in [0.4, 0.5) is 0 Å². The van der Waals surface area contributed by atoms with Crippen LogP contribution < -0.4 is 0 Å². The lowest BCUT2D eigenvalue weighted by atomic mass is 9.91. The number of allylic oxidation sites excluding steroid dienone is 1. The first-order valence-electron chi connectivity index (χ1n) is 15.1. The van der Waals surface area contributed by atoms with Crippen LogP contribution in [0.2, 0.25) is 0 Å². The minimum Gasteiger partial charge on any atom is -0.443 e. The third kappa shape index (κ3) is 3.10. The van der Waals surface area contributed by atoms with Crippen molar-refractivity contribution in [3.63, 3.8) is 0 Å². The number of hydrogen-bond acceptors (Lipinski definition) is 4. The number of aryl methyl sites for hydroxylation is 1. The molecule has 5 aromatic heterocycles. The van der Waals surface area contributed by atoms with E-state index in [0.29, 0.717) is 5.95 Å². The maximum absolute atomic E-state index is 5.95. The molecule has 0 unspecified atom stereocenters. The van der Waals surface area contributed by atoms with Crippen LogP contribution in [0.1, 0.15) is 34.6 Å². The molecule has 1 aliphatic carbocycles. The van der Waals surface area contributed by atoms with Crippen molar-refractivity contribution in [2.75, 3.05) is 0 Å². The third-order valence-corrected chi connectivity index (χ3v) is 9.50. The number of fused-ring (bicyclic) bond motifs is 11. The summed E-state index contributed by atoms with van der Waals surface area (Å²) in [5, 5.41) is 5.83. The van der Waals surface area contributed by atoms with Gasteiger partial charge in [-0.05, 0) is 54.8 Å². The van der Waals surface area contributed by atoms with Crippen molar-refractivity contribution >= 4 is 83.9 Å².